The summed E-state index contributed by atoms with van der Waals surface area (Å²) in [4.78, 5) is 30.0. The van der Waals surface area contributed by atoms with E-state index in [1.54, 1.807) is 11.6 Å². The van der Waals surface area contributed by atoms with Crippen molar-refractivity contribution < 1.29 is 4.79 Å². The molecule has 1 aliphatic rings. The SMILES string of the molecule is O=C(NCC1(c2ccccc2)CCCCC1)c1cnc2sccn2c1=O. The van der Waals surface area contributed by atoms with E-state index in [1.165, 1.54) is 33.9 Å². The number of nitrogens with zero attached hydrogens (tertiary/aromatic N) is 2. The van der Waals surface area contributed by atoms with Crippen LogP contribution in [0.4, 0.5) is 0 Å². The van der Waals surface area contributed by atoms with Gasteiger partial charge in [-0.1, -0.05) is 49.6 Å². The highest BCUT2D eigenvalue weighted by molar-refractivity contribution is 7.15. The van der Waals surface area contributed by atoms with Gasteiger partial charge in [0, 0.05) is 29.7 Å². The van der Waals surface area contributed by atoms with Crippen LogP contribution in [0.15, 0.2) is 52.9 Å². The molecule has 1 fully saturated rings. The Kier molecular flexibility index (Phi) is 4.59. The summed E-state index contributed by atoms with van der Waals surface area (Å²) >= 11 is 1.37. The first kappa shape index (κ1) is 17.0. The minimum Gasteiger partial charge on any atom is -0.351 e. The molecule has 0 bridgehead atoms. The molecule has 1 aliphatic carbocycles. The molecule has 1 amide bonds. The van der Waals surface area contributed by atoms with Crippen LogP contribution in [0.3, 0.4) is 0 Å². The fraction of sp³-hybridized carbons (Fsp3) is 0.350. The Morgan fingerprint density at radius 3 is 2.73 bits per heavy atom. The smallest absolute Gasteiger partial charge is 0.271 e. The van der Waals surface area contributed by atoms with Crippen molar-refractivity contribution in [1.82, 2.24) is 14.7 Å². The maximum absolute atomic E-state index is 12.7. The van der Waals surface area contributed by atoms with E-state index in [0.717, 1.165) is 25.7 Å². The number of hydrogen-bond acceptors (Lipinski definition) is 4. The Bertz CT molecular complexity index is 971. The summed E-state index contributed by atoms with van der Waals surface area (Å²) in [6.45, 7) is 0.543. The van der Waals surface area contributed by atoms with Gasteiger partial charge in [-0.2, -0.15) is 0 Å². The van der Waals surface area contributed by atoms with Crippen molar-refractivity contribution in [3.8, 4) is 0 Å². The predicted octanol–water partition coefficient (Wildman–Crippen LogP) is 3.39. The van der Waals surface area contributed by atoms with Crippen LogP contribution in [0.2, 0.25) is 0 Å². The number of amides is 1. The highest BCUT2D eigenvalue weighted by Crippen LogP contribution is 2.38. The number of aromatic nitrogens is 2. The van der Waals surface area contributed by atoms with E-state index in [1.807, 2.05) is 18.2 Å². The molecule has 0 unspecified atom stereocenters. The third-order valence-electron chi connectivity index (χ3n) is 5.37. The molecule has 1 N–H and O–H groups in total. The molecule has 3 aromatic rings. The fourth-order valence-corrected chi connectivity index (χ4v) is 4.59. The number of carbonyl (C=O) groups excluding carboxylic acids is 1. The van der Waals surface area contributed by atoms with E-state index in [0.29, 0.717) is 11.5 Å². The first-order valence-corrected chi connectivity index (χ1v) is 9.86. The number of rotatable bonds is 4. The normalized spacial score (nSPS) is 16.5. The standard InChI is InChI=1S/C20H21N3O2S/c24-17(16-13-21-19-23(18(16)25)11-12-26-19)22-14-20(9-5-2-6-10-20)15-7-3-1-4-8-15/h1,3-4,7-8,11-13H,2,5-6,9-10,14H2,(H,22,24). The van der Waals surface area contributed by atoms with E-state index < -0.39 is 0 Å². The number of thiazole rings is 1. The van der Waals surface area contributed by atoms with E-state index in [9.17, 15) is 9.59 Å². The summed E-state index contributed by atoms with van der Waals surface area (Å²) < 4.78 is 1.42. The Balaban J connectivity index is 1.58. The zero-order valence-corrected chi connectivity index (χ0v) is 15.3. The second-order valence-corrected chi connectivity index (χ2v) is 7.80. The molecule has 0 spiro atoms. The van der Waals surface area contributed by atoms with Gasteiger partial charge < -0.3 is 5.32 Å². The molecule has 0 radical (unpaired) electrons. The summed E-state index contributed by atoms with van der Waals surface area (Å²) in [5.74, 6) is -0.344. The maximum atomic E-state index is 12.7. The quantitative estimate of drug-likeness (QED) is 0.769. The van der Waals surface area contributed by atoms with Gasteiger partial charge in [-0.25, -0.2) is 4.98 Å². The predicted molar refractivity (Wildman–Crippen MR) is 103 cm³/mol. The summed E-state index contributed by atoms with van der Waals surface area (Å²) in [6, 6.07) is 10.4. The van der Waals surface area contributed by atoms with Gasteiger partial charge in [0.15, 0.2) is 4.96 Å². The van der Waals surface area contributed by atoms with Crippen LogP contribution in [-0.2, 0) is 5.41 Å². The van der Waals surface area contributed by atoms with Gasteiger partial charge in [-0.3, -0.25) is 14.0 Å². The van der Waals surface area contributed by atoms with Crippen LogP contribution in [0.5, 0.6) is 0 Å². The lowest BCUT2D eigenvalue weighted by Crippen LogP contribution is -2.43. The molecule has 0 aliphatic heterocycles. The van der Waals surface area contributed by atoms with Crippen molar-refractivity contribution in [2.45, 2.75) is 37.5 Å². The first-order valence-electron chi connectivity index (χ1n) is 8.98. The average Bonchev–Trinajstić information content (AvgIpc) is 3.18. The van der Waals surface area contributed by atoms with Crippen LogP contribution in [-0.4, -0.2) is 21.8 Å². The molecular weight excluding hydrogens is 346 g/mol. The van der Waals surface area contributed by atoms with Crippen LogP contribution in [0.1, 0.15) is 48.0 Å². The molecule has 2 heterocycles. The zero-order chi connectivity index (χ0) is 18.0. The molecule has 26 heavy (non-hydrogen) atoms. The largest absolute Gasteiger partial charge is 0.351 e. The van der Waals surface area contributed by atoms with Gasteiger partial charge in [0.05, 0.1) is 0 Å². The third-order valence-corrected chi connectivity index (χ3v) is 6.14. The lowest BCUT2D eigenvalue weighted by molar-refractivity contribution is 0.0934. The maximum Gasteiger partial charge on any atom is 0.271 e. The second kappa shape index (κ2) is 7.03. The summed E-state index contributed by atoms with van der Waals surface area (Å²) in [5.41, 5.74) is 1.000. The molecular formula is C20H21N3O2S. The van der Waals surface area contributed by atoms with Crippen molar-refractivity contribution in [3.05, 3.63) is 69.6 Å². The number of hydrogen-bond donors (Lipinski definition) is 1. The summed E-state index contributed by atoms with van der Waals surface area (Å²) in [7, 11) is 0. The molecule has 1 aromatic carbocycles. The lowest BCUT2D eigenvalue weighted by atomic mass is 9.69. The van der Waals surface area contributed by atoms with Gasteiger partial charge in [0.2, 0.25) is 0 Å². The number of carbonyl (C=O) groups is 1. The van der Waals surface area contributed by atoms with Crippen molar-refractivity contribution in [1.29, 1.82) is 0 Å². The molecule has 1 saturated carbocycles. The average molecular weight is 367 g/mol. The fourth-order valence-electron chi connectivity index (χ4n) is 3.91. The number of benzene rings is 1. The third kappa shape index (κ3) is 3.05. The van der Waals surface area contributed by atoms with Gasteiger partial charge in [0.1, 0.15) is 5.56 Å². The van der Waals surface area contributed by atoms with Gasteiger partial charge in [-0.05, 0) is 18.4 Å². The Hall–Kier alpha value is -2.47. The minimum atomic E-state index is -0.344. The molecule has 4 rings (SSSR count). The minimum absolute atomic E-state index is 0.0503. The van der Waals surface area contributed by atoms with Crippen molar-refractivity contribution in [2.24, 2.45) is 0 Å². The van der Waals surface area contributed by atoms with Crippen molar-refractivity contribution in [2.75, 3.05) is 6.54 Å². The monoisotopic (exact) mass is 367 g/mol. The lowest BCUT2D eigenvalue weighted by Gasteiger charge is -2.38. The Labute approximate surface area is 155 Å². The first-order chi connectivity index (χ1) is 12.7. The van der Waals surface area contributed by atoms with Gasteiger partial charge >= 0.3 is 0 Å². The molecule has 5 nitrogen and oxygen atoms in total. The van der Waals surface area contributed by atoms with Crippen LogP contribution in [0, 0.1) is 0 Å². The number of fused-ring (bicyclic) bond motifs is 1. The molecule has 6 heteroatoms. The van der Waals surface area contributed by atoms with E-state index in [-0.39, 0.29) is 22.4 Å². The Morgan fingerprint density at radius 1 is 1.19 bits per heavy atom. The van der Waals surface area contributed by atoms with Crippen LogP contribution < -0.4 is 10.9 Å². The van der Waals surface area contributed by atoms with Crippen molar-refractivity contribution in [3.63, 3.8) is 0 Å². The van der Waals surface area contributed by atoms with Crippen LogP contribution >= 0.6 is 11.3 Å². The Morgan fingerprint density at radius 2 is 1.96 bits per heavy atom. The van der Waals surface area contributed by atoms with Crippen LogP contribution in [0.25, 0.3) is 4.96 Å². The highest BCUT2D eigenvalue weighted by atomic mass is 32.1. The van der Waals surface area contributed by atoms with Gasteiger partial charge in [0.25, 0.3) is 11.5 Å². The van der Waals surface area contributed by atoms with Gasteiger partial charge in [-0.15, -0.1) is 11.3 Å². The van der Waals surface area contributed by atoms with Crippen molar-refractivity contribution >= 4 is 22.2 Å². The van der Waals surface area contributed by atoms with E-state index in [2.05, 4.69) is 22.4 Å². The molecule has 134 valence electrons. The summed E-state index contributed by atoms with van der Waals surface area (Å²) in [5, 5.41) is 4.81. The zero-order valence-electron chi connectivity index (χ0n) is 14.5. The topological polar surface area (TPSA) is 63.5 Å². The molecule has 0 atom stereocenters. The summed E-state index contributed by atoms with van der Waals surface area (Å²) in [6.07, 6.45) is 8.71. The highest BCUT2D eigenvalue weighted by Gasteiger charge is 2.34. The second-order valence-electron chi connectivity index (χ2n) is 6.92. The molecule has 2 aromatic heterocycles. The number of nitrogens with one attached hydrogen (secondary N) is 1. The van der Waals surface area contributed by atoms with E-state index in [4.69, 9.17) is 0 Å². The molecule has 0 saturated heterocycles. The van der Waals surface area contributed by atoms with E-state index >= 15 is 0 Å².